The molecule has 1 atom stereocenters. The van der Waals surface area contributed by atoms with Gasteiger partial charge in [0.05, 0.1) is 15.5 Å². The highest BCUT2D eigenvalue weighted by atomic mass is 35.5. The lowest BCUT2D eigenvalue weighted by molar-refractivity contribution is -0.384. The van der Waals surface area contributed by atoms with E-state index < -0.39 is 4.92 Å². The second-order valence-electron chi connectivity index (χ2n) is 5.09. The average Bonchev–Trinajstić information content (AvgIpc) is 2.46. The zero-order chi connectivity index (χ0) is 14.7. The number of carbonyl (C=O) groups is 1. The summed E-state index contributed by atoms with van der Waals surface area (Å²) < 4.78 is 0. The third-order valence-corrected chi connectivity index (χ3v) is 4.10. The largest absolute Gasteiger partial charge is 0.338 e. The Labute approximate surface area is 122 Å². The first-order valence-corrected chi connectivity index (χ1v) is 7.14. The molecular weight excluding hydrogens is 280 g/mol. The Balaban J connectivity index is 2.24. The maximum atomic E-state index is 12.5. The molecule has 1 amide bonds. The van der Waals surface area contributed by atoms with Crippen molar-refractivity contribution in [3.05, 3.63) is 38.9 Å². The Bertz CT molecular complexity index is 533. The van der Waals surface area contributed by atoms with E-state index in [9.17, 15) is 14.9 Å². The van der Waals surface area contributed by atoms with Crippen LogP contribution in [0.1, 0.15) is 36.5 Å². The van der Waals surface area contributed by atoms with Crippen molar-refractivity contribution in [3.63, 3.8) is 0 Å². The molecule has 1 aliphatic heterocycles. The normalized spacial score (nSPS) is 18.9. The van der Waals surface area contributed by atoms with Crippen LogP contribution in [0, 0.1) is 16.0 Å². The number of amides is 1. The lowest BCUT2D eigenvalue weighted by Gasteiger charge is -2.32. The summed E-state index contributed by atoms with van der Waals surface area (Å²) in [5.74, 6) is 0.294. The van der Waals surface area contributed by atoms with Crippen LogP contribution >= 0.6 is 11.6 Å². The predicted octanol–water partition coefficient (Wildman–Crippen LogP) is 3.51. The van der Waals surface area contributed by atoms with Crippen molar-refractivity contribution in [2.24, 2.45) is 5.92 Å². The Morgan fingerprint density at radius 2 is 2.30 bits per heavy atom. The molecule has 0 aliphatic carbocycles. The molecule has 1 heterocycles. The van der Waals surface area contributed by atoms with Gasteiger partial charge in [-0.1, -0.05) is 24.9 Å². The highest BCUT2D eigenvalue weighted by Gasteiger charge is 2.26. The molecule has 2 rings (SSSR count). The van der Waals surface area contributed by atoms with Gasteiger partial charge in [-0.3, -0.25) is 14.9 Å². The minimum absolute atomic E-state index is 0.109. The molecule has 0 bridgehead atoms. The van der Waals surface area contributed by atoms with Crippen LogP contribution in [-0.4, -0.2) is 28.8 Å². The Morgan fingerprint density at radius 1 is 1.55 bits per heavy atom. The number of non-ortho nitro benzene ring substituents is 1. The third-order valence-electron chi connectivity index (χ3n) is 3.77. The van der Waals surface area contributed by atoms with Crippen molar-refractivity contribution in [1.29, 1.82) is 0 Å². The number of rotatable bonds is 3. The highest BCUT2D eigenvalue weighted by Crippen LogP contribution is 2.26. The van der Waals surface area contributed by atoms with E-state index in [0.29, 0.717) is 19.0 Å². The maximum absolute atomic E-state index is 12.5. The van der Waals surface area contributed by atoms with Gasteiger partial charge in [-0.05, 0) is 24.8 Å². The Kier molecular flexibility index (Phi) is 4.60. The van der Waals surface area contributed by atoms with Crippen LogP contribution in [0.2, 0.25) is 5.02 Å². The second-order valence-corrected chi connectivity index (χ2v) is 5.50. The summed E-state index contributed by atoms with van der Waals surface area (Å²) in [7, 11) is 0. The molecule has 0 saturated carbocycles. The van der Waals surface area contributed by atoms with Crippen LogP contribution < -0.4 is 0 Å². The van der Waals surface area contributed by atoms with Crippen LogP contribution in [0.25, 0.3) is 0 Å². The van der Waals surface area contributed by atoms with E-state index in [2.05, 4.69) is 6.92 Å². The van der Waals surface area contributed by atoms with Crippen molar-refractivity contribution in [3.8, 4) is 0 Å². The van der Waals surface area contributed by atoms with E-state index in [1.54, 1.807) is 4.90 Å². The molecule has 1 saturated heterocycles. The number of halogens is 1. The molecule has 1 aromatic rings. The van der Waals surface area contributed by atoms with Crippen molar-refractivity contribution < 1.29 is 9.72 Å². The van der Waals surface area contributed by atoms with Gasteiger partial charge in [-0.25, -0.2) is 0 Å². The number of piperidine rings is 1. The van der Waals surface area contributed by atoms with Gasteiger partial charge in [0, 0.05) is 25.2 Å². The van der Waals surface area contributed by atoms with Gasteiger partial charge in [0.1, 0.15) is 0 Å². The van der Waals surface area contributed by atoms with E-state index >= 15 is 0 Å². The van der Waals surface area contributed by atoms with E-state index in [0.717, 1.165) is 19.3 Å². The number of nitro benzene ring substituents is 1. The first-order chi connectivity index (χ1) is 9.52. The third kappa shape index (κ3) is 3.10. The van der Waals surface area contributed by atoms with Gasteiger partial charge in [0.25, 0.3) is 11.6 Å². The number of benzene rings is 1. The maximum Gasteiger partial charge on any atom is 0.270 e. The van der Waals surface area contributed by atoms with Crippen molar-refractivity contribution in [1.82, 2.24) is 4.90 Å². The van der Waals surface area contributed by atoms with Crippen molar-refractivity contribution >= 4 is 23.2 Å². The first-order valence-electron chi connectivity index (χ1n) is 6.76. The molecule has 0 aromatic heterocycles. The van der Waals surface area contributed by atoms with Crippen LogP contribution in [0.3, 0.4) is 0 Å². The summed E-state index contributed by atoms with van der Waals surface area (Å²) >= 11 is 6.02. The van der Waals surface area contributed by atoms with E-state index in [1.807, 2.05) is 0 Å². The number of carbonyl (C=O) groups excluding carboxylic acids is 1. The average molecular weight is 297 g/mol. The smallest absolute Gasteiger partial charge is 0.270 e. The number of nitro groups is 1. The molecule has 108 valence electrons. The fourth-order valence-corrected chi connectivity index (χ4v) is 2.74. The SMILES string of the molecule is CCC1CCCN(C(=O)c2cc([N+](=O)[O-])ccc2Cl)C1. The first kappa shape index (κ1) is 14.8. The minimum atomic E-state index is -0.516. The number of hydrogen-bond donors (Lipinski definition) is 0. The van der Waals surface area contributed by atoms with Gasteiger partial charge in [0.2, 0.25) is 0 Å². The van der Waals surface area contributed by atoms with E-state index in [-0.39, 0.29) is 22.2 Å². The molecule has 0 N–H and O–H groups in total. The molecule has 6 heteroatoms. The molecule has 5 nitrogen and oxygen atoms in total. The molecule has 1 aliphatic rings. The summed E-state index contributed by atoms with van der Waals surface area (Å²) in [6, 6.07) is 3.98. The van der Waals surface area contributed by atoms with Gasteiger partial charge in [-0.2, -0.15) is 0 Å². The van der Waals surface area contributed by atoms with Crippen LogP contribution in [0.5, 0.6) is 0 Å². The van der Waals surface area contributed by atoms with Crippen LogP contribution in [0.4, 0.5) is 5.69 Å². The van der Waals surface area contributed by atoms with E-state index in [4.69, 9.17) is 11.6 Å². The summed E-state index contributed by atoms with van der Waals surface area (Å²) in [5, 5.41) is 11.1. The fraction of sp³-hybridized carbons (Fsp3) is 0.500. The second kappa shape index (κ2) is 6.22. The monoisotopic (exact) mass is 296 g/mol. The standard InChI is InChI=1S/C14H17ClN2O3/c1-2-10-4-3-7-16(9-10)14(18)12-8-11(17(19)20)5-6-13(12)15/h5-6,8,10H,2-4,7,9H2,1H3. The van der Waals surface area contributed by atoms with E-state index in [1.165, 1.54) is 18.2 Å². The topological polar surface area (TPSA) is 63.5 Å². The van der Waals surface area contributed by atoms with Gasteiger partial charge >= 0.3 is 0 Å². The molecule has 0 spiro atoms. The summed E-state index contributed by atoms with van der Waals surface area (Å²) in [6.45, 7) is 3.50. The lowest BCUT2D eigenvalue weighted by atomic mass is 9.95. The molecule has 1 fully saturated rings. The molecule has 1 unspecified atom stereocenters. The van der Waals surface area contributed by atoms with Crippen LogP contribution in [0.15, 0.2) is 18.2 Å². The summed E-state index contributed by atoms with van der Waals surface area (Å²) in [5.41, 5.74) is 0.111. The van der Waals surface area contributed by atoms with Gasteiger partial charge < -0.3 is 4.90 Å². The summed E-state index contributed by atoms with van der Waals surface area (Å²) in [4.78, 5) is 24.5. The quantitative estimate of drug-likeness (QED) is 0.633. The predicted molar refractivity (Wildman–Crippen MR) is 77.0 cm³/mol. The number of hydrogen-bond acceptors (Lipinski definition) is 3. The Hall–Kier alpha value is -1.62. The van der Waals surface area contributed by atoms with Crippen molar-refractivity contribution in [2.45, 2.75) is 26.2 Å². The number of nitrogens with zero attached hydrogens (tertiary/aromatic N) is 2. The Morgan fingerprint density at radius 3 is 2.95 bits per heavy atom. The molecule has 1 aromatic carbocycles. The van der Waals surface area contributed by atoms with Crippen molar-refractivity contribution in [2.75, 3.05) is 13.1 Å². The zero-order valence-electron chi connectivity index (χ0n) is 11.3. The highest BCUT2D eigenvalue weighted by molar-refractivity contribution is 6.33. The van der Waals surface area contributed by atoms with Gasteiger partial charge in [-0.15, -0.1) is 0 Å². The summed E-state index contributed by atoms with van der Waals surface area (Å²) in [6.07, 6.45) is 3.13. The minimum Gasteiger partial charge on any atom is -0.338 e. The van der Waals surface area contributed by atoms with Gasteiger partial charge in [0.15, 0.2) is 0 Å². The molecule has 20 heavy (non-hydrogen) atoms. The fourth-order valence-electron chi connectivity index (χ4n) is 2.54. The zero-order valence-corrected chi connectivity index (χ0v) is 12.1. The molecule has 0 radical (unpaired) electrons. The van der Waals surface area contributed by atoms with Crippen LogP contribution in [-0.2, 0) is 0 Å². The number of likely N-dealkylation sites (tertiary alicyclic amines) is 1. The lowest BCUT2D eigenvalue weighted by Crippen LogP contribution is -2.39. The molecular formula is C14H17ClN2O3.